The van der Waals surface area contributed by atoms with Crippen LogP contribution in [0, 0.1) is 6.92 Å². The van der Waals surface area contributed by atoms with Crippen LogP contribution in [0.15, 0.2) is 23.1 Å². The first kappa shape index (κ1) is 11.8. The molecule has 1 aromatic rings. The molecule has 0 bridgehead atoms. The second-order valence-corrected chi connectivity index (χ2v) is 5.97. The Kier molecular flexibility index (Phi) is 3.45. The Labute approximate surface area is 101 Å². The van der Waals surface area contributed by atoms with Gasteiger partial charge in [0, 0.05) is 9.64 Å². The maximum absolute atomic E-state index is 9.42. The summed E-state index contributed by atoms with van der Waals surface area (Å²) in [4.78, 5) is 1.23. The van der Waals surface area contributed by atoms with E-state index >= 15 is 0 Å². The number of methoxy groups -OCH3 is 1. The van der Waals surface area contributed by atoms with Crippen molar-refractivity contribution in [2.75, 3.05) is 13.7 Å². The summed E-state index contributed by atoms with van der Waals surface area (Å²) in [5.74, 6) is 0.927. The maximum Gasteiger partial charge on any atom is 0.121 e. The molecule has 0 aromatic heterocycles. The zero-order chi connectivity index (χ0) is 11.6. The average molecular weight is 238 g/mol. The number of benzene rings is 1. The largest absolute Gasteiger partial charge is 0.496 e. The molecule has 2 nitrogen and oxygen atoms in total. The number of hydrogen-bond donors (Lipinski definition) is 1. The third-order valence-electron chi connectivity index (χ3n) is 3.25. The molecule has 0 amide bonds. The van der Waals surface area contributed by atoms with Gasteiger partial charge < -0.3 is 9.84 Å². The molecule has 0 heterocycles. The summed E-state index contributed by atoms with van der Waals surface area (Å²) in [6.07, 6.45) is 3.49. The summed E-state index contributed by atoms with van der Waals surface area (Å²) in [7, 11) is 1.69. The van der Waals surface area contributed by atoms with E-state index in [1.165, 1.54) is 11.3 Å². The lowest BCUT2D eigenvalue weighted by Crippen LogP contribution is -2.37. The topological polar surface area (TPSA) is 29.5 Å². The summed E-state index contributed by atoms with van der Waals surface area (Å²) in [6, 6.07) is 6.22. The van der Waals surface area contributed by atoms with Crippen LogP contribution in [-0.4, -0.2) is 23.6 Å². The number of aliphatic hydroxyl groups excluding tert-OH is 1. The second kappa shape index (κ2) is 4.68. The van der Waals surface area contributed by atoms with Gasteiger partial charge in [0.15, 0.2) is 0 Å². The Bertz CT molecular complexity index is 367. The van der Waals surface area contributed by atoms with Crippen LogP contribution in [0.25, 0.3) is 0 Å². The summed E-state index contributed by atoms with van der Waals surface area (Å²) in [5, 5.41) is 9.42. The van der Waals surface area contributed by atoms with Crippen molar-refractivity contribution in [1.29, 1.82) is 0 Å². The SMILES string of the molecule is COc1ccc(SC2(CO)CCC2)cc1C. The van der Waals surface area contributed by atoms with Gasteiger partial charge in [0.25, 0.3) is 0 Å². The Morgan fingerprint density at radius 1 is 1.44 bits per heavy atom. The van der Waals surface area contributed by atoms with Crippen LogP contribution in [0.5, 0.6) is 5.75 Å². The summed E-state index contributed by atoms with van der Waals surface area (Å²) < 4.78 is 5.32. The zero-order valence-corrected chi connectivity index (χ0v) is 10.6. The highest BCUT2D eigenvalue weighted by molar-refractivity contribution is 8.00. The fourth-order valence-electron chi connectivity index (χ4n) is 2.03. The molecule has 1 aromatic carbocycles. The number of ether oxygens (including phenoxy) is 1. The van der Waals surface area contributed by atoms with Crippen molar-refractivity contribution in [2.24, 2.45) is 0 Å². The summed E-state index contributed by atoms with van der Waals surface area (Å²) in [5.41, 5.74) is 1.15. The Morgan fingerprint density at radius 2 is 2.19 bits per heavy atom. The highest BCUT2D eigenvalue weighted by atomic mass is 32.2. The maximum atomic E-state index is 9.42. The monoisotopic (exact) mass is 238 g/mol. The molecule has 0 spiro atoms. The van der Waals surface area contributed by atoms with Crippen molar-refractivity contribution < 1.29 is 9.84 Å². The third-order valence-corrected chi connectivity index (χ3v) is 4.71. The molecule has 0 unspecified atom stereocenters. The lowest BCUT2D eigenvalue weighted by Gasteiger charge is -2.39. The molecule has 2 rings (SSSR count). The number of aliphatic hydroxyl groups is 1. The van der Waals surface area contributed by atoms with Crippen molar-refractivity contribution in [3.05, 3.63) is 23.8 Å². The number of rotatable bonds is 4. The van der Waals surface area contributed by atoms with Crippen molar-refractivity contribution in [3.8, 4) is 5.75 Å². The van der Waals surface area contributed by atoms with Crippen LogP contribution in [0.1, 0.15) is 24.8 Å². The molecule has 1 N–H and O–H groups in total. The predicted octanol–water partition coefficient (Wildman–Crippen LogP) is 3.01. The molecule has 0 saturated heterocycles. The zero-order valence-electron chi connectivity index (χ0n) is 9.82. The highest BCUT2D eigenvalue weighted by Gasteiger charge is 2.37. The van der Waals surface area contributed by atoms with Crippen LogP contribution in [0.4, 0.5) is 0 Å². The van der Waals surface area contributed by atoms with E-state index in [2.05, 4.69) is 19.1 Å². The lowest BCUT2D eigenvalue weighted by atomic mass is 9.85. The Hall–Kier alpha value is -0.670. The van der Waals surface area contributed by atoms with Crippen molar-refractivity contribution in [1.82, 2.24) is 0 Å². The van der Waals surface area contributed by atoms with E-state index in [4.69, 9.17) is 4.74 Å². The smallest absolute Gasteiger partial charge is 0.121 e. The molecule has 0 aliphatic heterocycles. The molecular weight excluding hydrogens is 220 g/mol. The molecule has 1 saturated carbocycles. The van der Waals surface area contributed by atoms with Crippen molar-refractivity contribution in [2.45, 2.75) is 35.8 Å². The third kappa shape index (κ3) is 2.20. The van der Waals surface area contributed by atoms with Crippen molar-refractivity contribution >= 4 is 11.8 Å². The first-order chi connectivity index (χ1) is 7.69. The lowest BCUT2D eigenvalue weighted by molar-refractivity contribution is 0.191. The van der Waals surface area contributed by atoms with Crippen LogP contribution >= 0.6 is 11.8 Å². The van der Waals surface area contributed by atoms with E-state index in [1.807, 2.05) is 6.07 Å². The van der Waals surface area contributed by atoms with Gasteiger partial charge in [0.05, 0.1) is 13.7 Å². The van der Waals surface area contributed by atoms with E-state index in [0.717, 1.165) is 24.2 Å². The number of aryl methyl sites for hydroxylation is 1. The first-order valence-electron chi connectivity index (χ1n) is 5.64. The van der Waals surface area contributed by atoms with E-state index in [0.29, 0.717) is 0 Å². The number of thioether (sulfide) groups is 1. The van der Waals surface area contributed by atoms with Gasteiger partial charge in [-0.25, -0.2) is 0 Å². The highest BCUT2D eigenvalue weighted by Crippen LogP contribution is 2.47. The van der Waals surface area contributed by atoms with Gasteiger partial charge in [-0.05, 0) is 43.5 Å². The van der Waals surface area contributed by atoms with Gasteiger partial charge in [-0.15, -0.1) is 11.8 Å². The van der Waals surface area contributed by atoms with Crippen LogP contribution in [0.2, 0.25) is 0 Å². The summed E-state index contributed by atoms with van der Waals surface area (Å²) >= 11 is 1.81. The first-order valence-corrected chi connectivity index (χ1v) is 6.45. The fourth-order valence-corrected chi connectivity index (χ4v) is 3.46. The Morgan fingerprint density at radius 3 is 2.62 bits per heavy atom. The fraction of sp³-hybridized carbons (Fsp3) is 0.538. The minimum atomic E-state index is 0.0844. The molecule has 1 aliphatic rings. The van der Waals surface area contributed by atoms with Gasteiger partial charge in [-0.2, -0.15) is 0 Å². The molecule has 1 aliphatic carbocycles. The van der Waals surface area contributed by atoms with Gasteiger partial charge >= 0.3 is 0 Å². The molecule has 0 atom stereocenters. The van der Waals surface area contributed by atoms with Crippen LogP contribution in [-0.2, 0) is 0 Å². The molecule has 88 valence electrons. The van der Waals surface area contributed by atoms with Gasteiger partial charge in [0.2, 0.25) is 0 Å². The predicted molar refractivity (Wildman–Crippen MR) is 67.3 cm³/mol. The second-order valence-electron chi connectivity index (χ2n) is 4.43. The normalized spacial score (nSPS) is 17.9. The van der Waals surface area contributed by atoms with Gasteiger partial charge in [0.1, 0.15) is 5.75 Å². The average Bonchev–Trinajstić information content (AvgIpc) is 2.24. The molecule has 0 radical (unpaired) electrons. The van der Waals surface area contributed by atoms with Crippen molar-refractivity contribution in [3.63, 3.8) is 0 Å². The molecule has 16 heavy (non-hydrogen) atoms. The van der Waals surface area contributed by atoms with E-state index in [1.54, 1.807) is 18.9 Å². The standard InChI is InChI=1S/C13H18O2S/c1-10-8-11(4-5-12(10)15-2)16-13(9-14)6-3-7-13/h4-5,8,14H,3,6-7,9H2,1-2H3. The van der Waals surface area contributed by atoms with E-state index in [-0.39, 0.29) is 11.4 Å². The molecular formula is C13H18O2S. The molecule has 3 heteroatoms. The van der Waals surface area contributed by atoms with Crippen LogP contribution < -0.4 is 4.74 Å². The van der Waals surface area contributed by atoms with E-state index in [9.17, 15) is 5.11 Å². The number of hydrogen-bond acceptors (Lipinski definition) is 3. The van der Waals surface area contributed by atoms with Gasteiger partial charge in [-0.1, -0.05) is 6.42 Å². The minimum absolute atomic E-state index is 0.0844. The van der Waals surface area contributed by atoms with Gasteiger partial charge in [-0.3, -0.25) is 0 Å². The summed E-state index contributed by atoms with van der Waals surface area (Å²) in [6.45, 7) is 2.33. The minimum Gasteiger partial charge on any atom is -0.496 e. The quantitative estimate of drug-likeness (QED) is 0.874. The Balaban J connectivity index is 2.13. The van der Waals surface area contributed by atoms with E-state index < -0.39 is 0 Å². The van der Waals surface area contributed by atoms with Crippen LogP contribution in [0.3, 0.4) is 0 Å². The molecule has 1 fully saturated rings.